The number of rotatable bonds is 2. The Kier molecular flexibility index (Phi) is 3.37. The van der Waals surface area contributed by atoms with Gasteiger partial charge in [0, 0.05) is 22.7 Å². The van der Waals surface area contributed by atoms with E-state index in [2.05, 4.69) is 0 Å². The molecule has 0 bridgehead atoms. The summed E-state index contributed by atoms with van der Waals surface area (Å²) in [5, 5.41) is 9.94. The van der Waals surface area contributed by atoms with Crippen LogP contribution in [0, 0.1) is 0 Å². The van der Waals surface area contributed by atoms with Crippen LogP contribution in [0.3, 0.4) is 0 Å². The van der Waals surface area contributed by atoms with E-state index in [0.717, 1.165) is 5.56 Å². The molecule has 0 radical (unpaired) electrons. The van der Waals surface area contributed by atoms with Crippen molar-refractivity contribution in [1.29, 1.82) is 0 Å². The third kappa shape index (κ3) is 2.27. The van der Waals surface area contributed by atoms with Crippen LogP contribution in [0.4, 0.5) is 5.69 Å². The highest BCUT2D eigenvalue weighted by molar-refractivity contribution is 6.30. The zero-order valence-corrected chi connectivity index (χ0v) is 12.0. The van der Waals surface area contributed by atoms with E-state index in [9.17, 15) is 14.7 Å². The zero-order valence-electron chi connectivity index (χ0n) is 11.2. The molecule has 0 spiro atoms. The minimum absolute atomic E-state index is 0.112. The molecule has 3 unspecified atom stereocenters. The lowest BCUT2D eigenvalue weighted by atomic mass is 9.87. The van der Waals surface area contributed by atoms with Gasteiger partial charge in [0.05, 0.1) is 0 Å². The number of carboxylic acids is 1. The van der Waals surface area contributed by atoms with Gasteiger partial charge in [-0.15, -0.1) is 0 Å². The Morgan fingerprint density at radius 3 is 2.90 bits per heavy atom. The fourth-order valence-corrected chi connectivity index (χ4v) is 3.53. The number of aliphatic carboxylic acids is 1. The number of carbonyl (C=O) groups excluding carboxylic acids is 1. The molecule has 3 atom stereocenters. The Morgan fingerprint density at radius 1 is 1.43 bits per heavy atom. The number of carbonyl (C=O) groups is 2. The lowest BCUT2D eigenvalue weighted by Gasteiger charge is -2.31. The molecule has 2 heterocycles. The Morgan fingerprint density at radius 2 is 2.19 bits per heavy atom. The first-order valence-electron chi connectivity index (χ1n) is 6.75. The van der Waals surface area contributed by atoms with E-state index in [-0.39, 0.29) is 17.9 Å². The van der Waals surface area contributed by atoms with Gasteiger partial charge in [-0.1, -0.05) is 17.7 Å². The smallest absolute Gasteiger partial charge is 0.326 e. The number of halogens is 1. The van der Waals surface area contributed by atoms with E-state index in [0.29, 0.717) is 23.6 Å². The topological polar surface area (TPSA) is 83.6 Å². The van der Waals surface area contributed by atoms with Crippen LogP contribution >= 0.6 is 11.6 Å². The molecule has 2 aliphatic rings. The van der Waals surface area contributed by atoms with E-state index in [1.807, 2.05) is 0 Å². The van der Waals surface area contributed by atoms with Gasteiger partial charge in [-0.2, -0.15) is 0 Å². The van der Waals surface area contributed by atoms with E-state index in [1.54, 1.807) is 24.3 Å². The molecule has 0 saturated carbocycles. The first kappa shape index (κ1) is 13.9. The van der Waals surface area contributed by atoms with Crippen molar-refractivity contribution in [3.63, 3.8) is 0 Å². The molecule has 1 aromatic carbocycles. The lowest BCUT2D eigenvalue weighted by molar-refractivity contribution is -0.148. The number of carboxylic acid groups (broad SMARTS) is 1. The quantitative estimate of drug-likeness (QED) is 0.819. The minimum atomic E-state index is -0.980. The Balaban J connectivity index is 2.04. The van der Waals surface area contributed by atoms with Crippen molar-refractivity contribution in [2.45, 2.75) is 30.8 Å². The standard InChI is InChI=1S/C15H15ClN2O3/c16-8-4-5-11(17)9(6-8)10-7-13(15(20)21)18-12(10)2-1-3-14(18)19/h1,3-6,10,12-13H,2,7,17H2,(H,20,21). The minimum Gasteiger partial charge on any atom is -0.480 e. The summed E-state index contributed by atoms with van der Waals surface area (Å²) < 4.78 is 0. The fourth-order valence-electron chi connectivity index (χ4n) is 3.35. The number of hydrogen-bond acceptors (Lipinski definition) is 3. The number of fused-ring (bicyclic) bond motifs is 1. The van der Waals surface area contributed by atoms with Crippen LogP contribution in [-0.2, 0) is 9.59 Å². The number of nitrogens with zero attached hydrogens (tertiary/aromatic N) is 1. The van der Waals surface area contributed by atoms with Crippen molar-refractivity contribution in [2.24, 2.45) is 0 Å². The van der Waals surface area contributed by atoms with Crippen molar-refractivity contribution in [1.82, 2.24) is 4.90 Å². The number of nitrogens with two attached hydrogens (primary N) is 1. The summed E-state index contributed by atoms with van der Waals surface area (Å²) in [6.07, 6.45) is 4.22. The van der Waals surface area contributed by atoms with Gasteiger partial charge in [0.25, 0.3) is 0 Å². The highest BCUT2D eigenvalue weighted by Gasteiger charge is 2.48. The van der Waals surface area contributed by atoms with Gasteiger partial charge in [-0.25, -0.2) is 4.79 Å². The average molecular weight is 307 g/mol. The number of hydrogen-bond donors (Lipinski definition) is 2. The van der Waals surface area contributed by atoms with E-state index in [1.165, 1.54) is 11.0 Å². The number of amides is 1. The monoisotopic (exact) mass is 306 g/mol. The average Bonchev–Trinajstić information content (AvgIpc) is 2.82. The summed E-state index contributed by atoms with van der Waals surface area (Å²) in [5.74, 6) is -1.34. The molecule has 21 heavy (non-hydrogen) atoms. The summed E-state index contributed by atoms with van der Waals surface area (Å²) in [4.78, 5) is 25.0. The molecule has 0 aromatic heterocycles. The van der Waals surface area contributed by atoms with Crippen LogP contribution in [0.5, 0.6) is 0 Å². The SMILES string of the molecule is Nc1ccc(Cl)cc1C1CC(C(=O)O)N2C(=O)C=CCC12. The molecule has 6 heteroatoms. The Hall–Kier alpha value is -2.01. The van der Waals surface area contributed by atoms with Crippen molar-refractivity contribution in [2.75, 3.05) is 5.73 Å². The molecule has 1 amide bonds. The third-order valence-electron chi connectivity index (χ3n) is 4.26. The first-order chi connectivity index (χ1) is 9.99. The molecule has 3 rings (SSSR count). The number of anilines is 1. The highest BCUT2D eigenvalue weighted by Crippen LogP contribution is 2.43. The predicted octanol–water partition coefficient (Wildman–Crippen LogP) is 2.02. The summed E-state index contributed by atoms with van der Waals surface area (Å²) in [6.45, 7) is 0. The van der Waals surface area contributed by atoms with E-state index >= 15 is 0 Å². The maximum absolute atomic E-state index is 12.0. The van der Waals surface area contributed by atoms with Gasteiger partial charge in [-0.3, -0.25) is 4.79 Å². The third-order valence-corrected chi connectivity index (χ3v) is 4.50. The van der Waals surface area contributed by atoms with Gasteiger partial charge in [0.15, 0.2) is 0 Å². The summed E-state index contributed by atoms with van der Waals surface area (Å²) in [7, 11) is 0. The van der Waals surface area contributed by atoms with Crippen LogP contribution in [0.15, 0.2) is 30.4 Å². The van der Waals surface area contributed by atoms with Crippen molar-refractivity contribution in [3.8, 4) is 0 Å². The highest BCUT2D eigenvalue weighted by atomic mass is 35.5. The molecule has 2 aliphatic heterocycles. The molecular weight excluding hydrogens is 292 g/mol. The number of nitrogen functional groups attached to an aromatic ring is 1. The lowest BCUT2D eigenvalue weighted by Crippen LogP contribution is -2.46. The van der Waals surface area contributed by atoms with Crippen LogP contribution in [0.25, 0.3) is 0 Å². The molecule has 1 fully saturated rings. The second kappa shape index (κ2) is 5.07. The van der Waals surface area contributed by atoms with E-state index in [4.69, 9.17) is 17.3 Å². The Bertz CT molecular complexity index is 644. The van der Waals surface area contributed by atoms with Crippen molar-refractivity contribution < 1.29 is 14.7 Å². The first-order valence-corrected chi connectivity index (χ1v) is 7.13. The van der Waals surface area contributed by atoms with Crippen LogP contribution < -0.4 is 5.73 Å². The fraction of sp³-hybridized carbons (Fsp3) is 0.333. The maximum Gasteiger partial charge on any atom is 0.326 e. The predicted molar refractivity (Wildman–Crippen MR) is 79.0 cm³/mol. The van der Waals surface area contributed by atoms with Crippen LogP contribution in [0.2, 0.25) is 5.02 Å². The molecular formula is C15H15ClN2O3. The molecule has 3 N–H and O–H groups in total. The number of benzene rings is 1. The molecule has 110 valence electrons. The van der Waals surface area contributed by atoms with Crippen LogP contribution in [-0.4, -0.2) is 34.0 Å². The van der Waals surface area contributed by atoms with Crippen LogP contribution in [0.1, 0.15) is 24.3 Å². The van der Waals surface area contributed by atoms with Gasteiger partial charge >= 0.3 is 5.97 Å². The molecule has 5 nitrogen and oxygen atoms in total. The molecule has 1 saturated heterocycles. The van der Waals surface area contributed by atoms with E-state index < -0.39 is 12.0 Å². The molecule has 1 aromatic rings. The summed E-state index contributed by atoms with van der Waals surface area (Å²) in [5.41, 5.74) is 7.42. The second-order valence-electron chi connectivity index (χ2n) is 5.42. The maximum atomic E-state index is 12.0. The zero-order chi connectivity index (χ0) is 15.1. The second-order valence-corrected chi connectivity index (χ2v) is 5.86. The summed E-state index contributed by atoms with van der Waals surface area (Å²) in [6, 6.07) is 4.21. The van der Waals surface area contributed by atoms with Gasteiger partial charge in [-0.05, 0) is 42.7 Å². The van der Waals surface area contributed by atoms with Crippen molar-refractivity contribution >= 4 is 29.2 Å². The normalized spacial score (nSPS) is 27.8. The summed E-state index contributed by atoms with van der Waals surface area (Å²) >= 11 is 6.03. The van der Waals surface area contributed by atoms with Crippen molar-refractivity contribution in [3.05, 3.63) is 40.9 Å². The largest absolute Gasteiger partial charge is 0.480 e. The van der Waals surface area contributed by atoms with Gasteiger partial charge in [0.2, 0.25) is 5.91 Å². The van der Waals surface area contributed by atoms with Gasteiger partial charge in [0.1, 0.15) is 6.04 Å². The molecule has 0 aliphatic carbocycles. The van der Waals surface area contributed by atoms with Gasteiger partial charge < -0.3 is 15.7 Å². The Labute approximate surface area is 127 Å².